The largest absolute Gasteiger partial charge is 0.494 e. The number of hydrogen-bond acceptors (Lipinski definition) is 4. The first-order chi connectivity index (χ1) is 15.0. The number of likely N-dealkylation sites (tertiary alicyclic amines) is 1. The van der Waals surface area contributed by atoms with E-state index in [4.69, 9.17) is 9.15 Å². The van der Waals surface area contributed by atoms with Gasteiger partial charge in [0.1, 0.15) is 5.76 Å². The molecule has 1 aliphatic heterocycles. The Morgan fingerprint density at radius 2 is 2.13 bits per heavy atom. The highest BCUT2D eigenvalue weighted by atomic mass is 19.1. The number of aliphatic imine (C=N–C) groups is 1. The minimum Gasteiger partial charge on any atom is -0.494 e. The summed E-state index contributed by atoms with van der Waals surface area (Å²) in [5.74, 6) is 1.74. The second kappa shape index (κ2) is 11.6. The fourth-order valence-electron chi connectivity index (χ4n) is 3.62. The van der Waals surface area contributed by atoms with Crippen molar-refractivity contribution in [1.29, 1.82) is 0 Å². The highest BCUT2D eigenvalue weighted by Gasteiger charge is 2.20. The van der Waals surface area contributed by atoms with E-state index in [0.29, 0.717) is 12.6 Å². The van der Waals surface area contributed by atoms with Gasteiger partial charge in [0.15, 0.2) is 17.5 Å². The maximum absolute atomic E-state index is 13.9. The average Bonchev–Trinajstić information content (AvgIpc) is 3.27. The number of methoxy groups -OCH3 is 1. The third-order valence-electron chi connectivity index (χ3n) is 5.30. The normalized spacial score (nSPS) is 15.6. The van der Waals surface area contributed by atoms with Crippen molar-refractivity contribution in [2.45, 2.75) is 38.8 Å². The topological polar surface area (TPSA) is 62.0 Å². The van der Waals surface area contributed by atoms with Crippen LogP contribution in [0.5, 0.6) is 5.75 Å². The highest BCUT2D eigenvalue weighted by molar-refractivity contribution is 5.80. The van der Waals surface area contributed by atoms with Crippen molar-refractivity contribution >= 4 is 5.96 Å². The fraction of sp³-hybridized carbons (Fsp3) is 0.458. The lowest BCUT2D eigenvalue weighted by Crippen LogP contribution is -2.49. The predicted molar refractivity (Wildman–Crippen MR) is 122 cm³/mol. The average molecular weight is 429 g/mol. The molecule has 0 aliphatic carbocycles. The summed E-state index contributed by atoms with van der Waals surface area (Å²) in [6.45, 7) is 9.90. The Morgan fingerprint density at radius 1 is 1.32 bits per heavy atom. The number of guanidine groups is 1. The molecule has 0 unspecified atom stereocenters. The van der Waals surface area contributed by atoms with E-state index in [1.807, 2.05) is 25.1 Å². The molecule has 168 valence electrons. The van der Waals surface area contributed by atoms with Gasteiger partial charge in [0.05, 0.1) is 19.9 Å². The van der Waals surface area contributed by atoms with Crippen LogP contribution in [0, 0.1) is 5.82 Å². The summed E-state index contributed by atoms with van der Waals surface area (Å²) < 4.78 is 24.3. The van der Waals surface area contributed by atoms with Crippen molar-refractivity contribution in [2.24, 2.45) is 4.99 Å². The van der Waals surface area contributed by atoms with Crippen LogP contribution in [-0.2, 0) is 13.0 Å². The Labute approximate surface area is 184 Å². The second-order valence-electron chi connectivity index (χ2n) is 8.04. The standard InChI is InChI=1S/C24H33FN4O2/c1-18(2)16-27-24(26-11-8-21-5-4-14-31-21)28-20-9-12-29(13-10-20)17-19-6-7-23(30-3)22(25)15-19/h4-7,14-15,20H,1,8-13,16-17H2,2-3H3,(H2,26,27,28). The molecule has 3 rings (SSSR count). The van der Waals surface area contributed by atoms with Gasteiger partial charge in [-0.3, -0.25) is 4.90 Å². The lowest BCUT2D eigenvalue weighted by molar-refractivity contribution is 0.198. The van der Waals surface area contributed by atoms with Gasteiger partial charge in [-0.15, -0.1) is 0 Å². The van der Waals surface area contributed by atoms with Crippen molar-refractivity contribution in [3.8, 4) is 5.75 Å². The van der Waals surface area contributed by atoms with Gasteiger partial charge < -0.3 is 19.8 Å². The molecule has 1 aliphatic rings. The van der Waals surface area contributed by atoms with Crippen molar-refractivity contribution in [2.75, 3.05) is 33.3 Å². The van der Waals surface area contributed by atoms with E-state index < -0.39 is 0 Å². The molecule has 1 aromatic heterocycles. The molecule has 0 saturated carbocycles. The van der Waals surface area contributed by atoms with Crippen molar-refractivity contribution < 1.29 is 13.5 Å². The van der Waals surface area contributed by atoms with Gasteiger partial charge >= 0.3 is 0 Å². The van der Waals surface area contributed by atoms with Crippen LogP contribution < -0.4 is 15.4 Å². The first kappa shape index (κ1) is 22.9. The predicted octanol–water partition coefficient (Wildman–Crippen LogP) is 3.75. The first-order valence-corrected chi connectivity index (χ1v) is 10.8. The van der Waals surface area contributed by atoms with E-state index in [0.717, 1.165) is 68.3 Å². The Balaban J connectivity index is 1.47. The summed E-state index contributed by atoms with van der Waals surface area (Å²) in [5.41, 5.74) is 1.99. The minimum atomic E-state index is -0.310. The molecule has 1 aromatic carbocycles. The third kappa shape index (κ3) is 7.43. The first-order valence-electron chi connectivity index (χ1n) is 10.8. The molecule has 0 atom stereocenters. The summed E-state index contributed by atoms with van der Waals surface area (Å²) in [6.07, 6.45) is 4.50. The second-order valence-corrected chi connectivity index (χ2v) is 8.04. The van der Waals surface area contributed by atoms with Crippen LogP contribution >= 0.6 is 0 Å². The summed E-state index contributed by atoms with van der Waals surface area (Å²) in [7, 11) is 1.48. The van der Waals surface area contributed by atoms with Crippen LogP contribution in [0.3, 0.4) is 0 Å². The van der Waals surface area contributed by atoms with Crippen molar-refractivity contribution in [3.63, 3.8) is 0 Å². The zero-order chi connectivity index (χ0) is 22.1. The molecule has 31 heavy (non-hydrogen) atoms. The summed E-state index contributed by atoms with van der Waals surface area (Å²) >= 11 is 0. The zero-order valence-corrected chi connectivity index (χ0v) is 18.5. The maximum Gasteiger partial charge on any atom is 0.191 e. The monoisotopic (exact) mass is 428 g/mol. The van der Waals surface area contributed by atoms with E-state index in [9.17, 15) is 4.39 Å². The molecular formula is C24H33FN4O2. The highest BCUT2D eigenvalue weighted by Crippen LogP contribution is 2.20. The molecule has 0 bridgehead atoms. The summed E-state index contributed by atoms with van der Waals surface area (Å²) in [5, 5.41) is 6.96. The van der Waals surface area contributed by atoms with E-state index in [1.54, 1.807) is 18.4 Å². The van der Waals surface area contributed by atoms with E-state index in [-0.39, 0.29) is 11.6 Å². The molecule has 6 nitrogen and oxygen atoms in total. The number of hydrogen-bond donors (Lipinski definition) is 2. The number of nitrogens with one attached hydrogen (secondary N) is 2. The van der Waals surface area contributed by atoms with Crippen LogP contribution in [0.2, 0.25) is 0 Å². The van der Waals surface area contributed by atoms with Crippen molar-refractivity contribution in [3.05, 3.63) is 65.9 Å². The van der Waals surface area contributed by atoms with Crippen LogP contribution in [0.25, 0.3) is 0 Å². The molecule has 2 aromatic rings. The van der Waals surface area contributed by atoms with Crippen LogP contribution in [-0.4, -0.2) is 50.2 Å². The van der Waals surface area contributed by atoms with Crippen molar-refractivity contribution in [1.82, 2.24) is 15.5 Å². The summed E-state index contributed by atoms with van der Waals surface area (Å²) in [6, 6.07) is 9.41. The van der Waals surface area contributed by atoms with Crippen LogP contribution in [0.1, 0.15) is 31.1 Å². The Kier molecular flexibility index (Phi) is 8.53. The Morgan fingerprint density at radius 3 is 2.77 bits per heavy atom. The van der Waals surface area contributed by atoms with Gasteiger partial charge in [0.2, 0.25) is 0 Å². The van der Waals surface area contributed by atoms with Gasteiger partial charge in [-0.1, -0.05) is 18.2 Å². The van der Waals surface area contributed by atoms with Gasteiger partial charge in [-0.2, -0.15) is 0 Å². The number of rotatable bonds is 9. The molecule has 2 N–H and O–H groups in total. The molecule has 2 heterocycles. The van der Waals surface area contributed by atoms with Gasteiger partial charge in [0, 0.05) is 38.6 Å². The smallest absolute Gasteiger partial charge is 0.191 e. The lowest BCUT2D eigenvalue weighted by atomic mass is 10.0. The van der Waals surface area contributed by atoms with Crippen LogP contribution in [0.4, 0.5) is 4.39 Å². The molecular weight excluding hydrogens is 395 g/mol. The molecule has 7 heteroatoms. The number of benzene rings is 1. The molecule has 0 amide bonds. The van der Waals surface area contributed by atoms with Gasteiger partial charge in [0.25, 0.3) is 0 Å². The number of piperidine rings is 1. The molecule has 1 fully saturated rings. The number of ether oxygens (including phenoxy) is 1. The Bertz CT molecular complexity index is 858. The number of nitrogens with zero attached hydrogens (tertiary/aromatic N) is 2. The SMILES string of the molecule is C=C(C)CN=C(NCCc1ccco1)NC1CCN(Cc2ccc(OC)c(F)c2)CC1. The number of furan rings is 1. The fourth-order valence-corrected chi connectivity index (χ4v) is 3.62. The molecule has 0 radical (unpaired) electrons. The third-order valence-corrected chi connectivity index (χ3v) is 5.30. The van der Waals surface area contributed by atoms with Gasteiger partial charge in [-0.05, 0) is 49.6 Å². The quantitative estimate of drug-likeness (QED) is 0.362. The lowest BCUT2D eigenvalue weighted by Gasteiger charge is -2.33. The molecule has 0 spiro atoms. The van der Waals surface area contributed by atoms with E-state index >= 15 is 0 Å². The van der Waals surface area contributed by atoms with Gasteiger partial charge in [-0.25, -0.2) is 9.38 Å². The van der Waals surface area contributed by atoms with E-state index in [1.165, 1.54) is 7.11 Å². The van der Waals surface area contributed by atoms with Crippen LogP contribution in [0.15, 0.2) is 58.2 Å². The maximum atomic E-state index is 13.9. The number of halogens is 1. The Hall–Kier alpha value is -2.80. The minimum absolute atomic E-state index is 0.285. The van der Waals surface area contributed by atoms with E-state index in [2.05, 4.69) is 27.1 Å². The zero-order valence-electron chi connectivity index (χ0n) is 18.5. The molecule has 1 saturated heterocycles. The summed E-state index contributed by atoms with van der Waals surface area (Å²) in [4.78, 5) is 7.00.